The maximum absolute atomic E-state index is 11.3. The average molecular weight is 231 g/mol. The lowest BCUT2D eigenvalue weighted by molar-refractivity contribution is 0.163. The minimum absolute atomic E-state index is 3.22. The number of rotatable bonds is 6. The predicted octanol–water partition coefficient (Wildman–Crippen LogP) is 1.60. The van der Waals surface area contributed by atoms with E-state index >= 15 is 0 Å². The molecule has 0 aromatic carbocycles. The Morgan fingerprint density at radius 2 is 1.73 bits per heavy atom. The van der Waals surface area contributed by atoms with Gasteiger partial charge in [-0.25, -0.2) is 4.57 Å². The van der Waals surface area contributed by atoms with Crippen LogP contribution in [0.4, 0.5) is 0 Å². The summed E-state index contributed by atoms with van der Waals surface area (Å²) in [6.45, 7) is -7.01. The third-order valence-electron chi connectivity index (χ3n) is 0.399. The van der Waals surface area contributed by atoms with Crippen LogP contribution < -0.4 is 0 Å². The highest BCUT2D eigenvalue weighted by molar-refractivity contribution is 7.47. The van der Waals surface area contributed by atoms with Crippen molar-refractivity contribution < 1.29 is 29.5 Å². The van der Waals surface area contributed by atoms with Crippen molar-refractivity contribution in [3.8, 4) is 0 Å². The molecular formula is C4H9Cl2O4P. The van der Waals surface area contributed by atoms with Gasteiger partial charge in [-0.05, 0) is 0 Å². The van der Waals surface area contributed by atoms with Gasteiger partial charge in [-0.1, -0.05) is 0 Å². The van der Waals surface area contributed by atoms with E-state index in [2.05, 4.69) is 9.05 Å². The smallest absolute Gasteiger partial charge is 0.302 e. The first-order valence-corrected chi connectivity index (χ1v) is 4.29. The Labute approximate surface area is 86.3 Å². The number of phosphoric acid groups is 1. The summed E-state index contributed by atoms with van der Waals surface area (Å²) in [6.07, 6.45) is 0. The second kappa shape index (κ2) is 6.23. The number of halogens is 2. The quantitative estimate of drug-likeness (QED) is 0.557. The fourth-order valence-corrected chi connectivity index (χ4v) is 0.713. The van der Waals surface area contributed by atoms with Gasteiger partial charge in [0.2, 0.25) is 0 Å². The van der Waals surface area contributed by atoms with E-state index in [1.165, 1.54) is 0 Å². The molecule has 0 aromatic rings. The first-order valence-electron chi connectivity index (χ1n) is 6.03. The summed E-state index contributed by atoms with van der Waals surface area (Å²) in [5, 5.41) is 0. The molecule has 7 heteroatoms. The first kappa shape index (κ1) is 3.82. The predicted molar refractivity (Wildman–Crippen MR) is 43.2 cm³/mol. The van der Waals surface area contributed by atoms with Crippen LogP contribution in [-0.4, -0.2) is 29.7 Å². The molecule has 0 radical (unpaired) electrons. The molecule has 0 aliphatic carbocycles. The SMILES string of the molecule is [2H]C([2H])(Cl)C([2H])([2H])OP(=O)(O)OC([2H])([2H])C([2H])([2H])Cl. The first-order chi connectivity index (χ1) is 7.91. The van der Waals surface area contributed by atoms with Crippen molar-refractivity contribution in [2.45, 2.75) is 0 Å². The average Bonchev–Trinajstić information content (AvgIpc) is 1.93. The molecule has 0 atom stereocenters. The van der Waals surface area contributed by atoms with E-state index in [1.807, 2.05) is 0 Å². The molecule has 0 fully saturated rings. The molecule has 0 heterocycles. The fraction of sp³-hybridized carbons (Fsp3) is 1.00. The maximum Gasteiger partial charge on any atom is 0.472 e. The van der Waals surface area contributed by atoms with Crippen LogP contribution >= 0.6 is 31.0 Å². The summed E-state index contributed by atoms with van der Waals surface area (Å²) in [5.74, 6) is -6.44. The van der Waals surface area contributed by atoms with Crippen molar-refractivity contribution >= 4 is 31.0 Å². The van der Waals surface area contributed by atoms with E-state index in [0.717, 1.165) is 0 Å². The van der Waals surface area contributed by atoms with E-state index < -0.39 is 32.6 Å². The maximum atomic E-state index is 11.3. The monoisotopic (exact) mass is 230 g/mol. The van der Waals surface area contributed by atoms with Crippen LogP contribution in [0.5, 0.6) is 0 Å². The summed E-state index contributed by atoms with van der Waals surface area (Å²) in [7, 11) is -5.53. The zero-order valence-corrected chi connectivity index (χ0v) is 7.28. The van der Waals surface area contributed by atoms with Gasteiger partial charge in [-0.15, -0.1) is 23.2 Å². The van der Waals surface area contributed by atoms with E-state index in [1.54, 1.807) is 0 Å². The van der Waals surface area contributed by atoms with Gasteiger partial charge in [-0.2, -0.15) is 0 Å². The second-order valence-corrected chi connectivity index (χ2v) is 2.72. The van der Waals surface area contributed by atoms with Crippen LogP contribution in [0.15, 0.2) is 0 Å². The second-order valence-electron chi connectivity index (χ2n) is 1.04. The summed E-state index contributed by atoms with van der Waals surface area (Å²) in [4.78, 5) is 9.09. The molecule has 0 saturated carbocycles. The van der Waals surface area contributed by atoms with Crippen LogP contribution in [-0.2, 0) is 13.6 Å². The van der Waals surface area contributed by atoms with Gasteiger partial charge in [0, 0.05) is 17.1 Å². The Kier molecular flexibility index (Phi) is 2.17. The number of hydrogen-bond donors (Lipinski definition) is 1. The van der Waals surface area contributed by atoms with Gasteiger partial charge >= 0.3 is 7.82 Å². The van der Waals surface area contributed by atoms with Gasteiger partial charge in [0.25, 0.3) is 0 Å². The summed E-state index contributed by atoms with van der Waals surface area (Å²) in [5.41, 5.74) is 0. The summed E-state index contributed by atoms with van der Waals surface area (Å²) < 4.78 is 74.0. The van der Waals surface area contributed by atoms with Gasteiger partial charge in [0.05, 0.1) is 18.6 Å². The zero-order chi connectivity index (χ0) is 15.9. The lowest BCUT2D eigenvalue weighted by Gasteiger charge is -2.09. The number of hydrogen-bond acceptors (Lipinski definition) is 3. The minimum Gasteiger partial charge on any atom is -0.302 e. The minimum atomic E-state index is -5.53. The Morgan fingerprint density at radius 3 is 2.00 bits per heavy atom. The lowest BCUT2D eigenvalue weighted by atomic mass is 10.9. The van der Waals surface area contributed by atoms with Crippen molar-refractivity contribution in [1.82, 2.24) is 0 Å². The molecule has 4 nitrogen and oxygen atoms in total. The Balaban J connectivity index is 5.10. The van der Waals surface area contributed by atoms with Crippen LogP contribution in [0.1, 0.15) is 11.0 Å². The van der Waals surface area contributed by atoms with Crippen LogP contribution in [0.2, 0.25) is 0 Å². The lowest BCUT2D eigenvalue weighted by Crippen LogP contribution is -1.99. The number of phosphoric ester groups is 1. The molecule has 0 aliphatic heterocycles. The molecule has 0 rings (SSSR count). The molecule has 0 spiro atoms. The largest absolute Gasteiger partial charge is 0.472 e. The van der Waals surface area contributed by atoms with E-state index in [4.69, 9.17) is 39.1 Å². The van der Waals surface area contributed by atoms with Crippen molar-refractivity contribution in [1.29, 1.82) is 0 Å². The van der Waals surface area contributed by atoms with Crippen molar-refractivity contribution in [3.63, 3.8) is 0 Å². The Morgan fingerprint density at radius 1 is 1.36 bits per heavy atom. The van der Waals surface area contributed by atoms with E-state index in [-0.39, 0.29) is 0 Å². The third-order valence-corrected chi connectivity index (χ3v) is 1.20. The molecule has 0 aromatic heterocycles. The summed E-state index contributed by atoms with van der Waals surface area (Å²) in [6, 6.07) is 0. The van der Waals surface area contributed by atoms with Gasteiger partial charge in [0.15, 0.2) is 0 Å². The highest BCUT2D eigenvalue weighted by Crippen LogP contribution is 2.42. The molecule has 68 valence electrons. The van der Waals surface area contributed by atoms with Crippen LogP contribution in [0.25, 0.3) is 0 Å². The molecule has 0 unspecified atom stereocenters. The standard InChI is InChI=1S/C4H9Cl2O4P/c5-1-3-9-11(7,8)10-4-2-6/h1-4H2,(H,7,8)/i1D2,2D2,3D2,4D2. The summed E-state index contributed by atoms with van der Waals surface area (Å²) >= 11 is 9.89. The van der Waals surface area contributed by atoms with Gasteiger partial charge < -0.3 is 4.89 Å². The normalized spacial score (nSPS) is 27.9. The van der Waals surface area contributed by atoms with Crippen molar-refractivity contribution in [3.05, 3.63) is 0 Å². The van der Waals surface area contributed by atoms with Crippen molar-refractivity contribution in [2.75, 3.05) is 24.8 Å². The highest BCUT2D eigenvalue weighted by atomic mass is 35.5. The number of alkyl halides is 2. The third kappa shape index (κ3) is 7.06. The molecule has 11 heavy (non-hydrogen) atoms. The molecule has 0 aliphatic rings. The van der Waals surface area contributed by atoms with E-state index in [0.29, 0.717) is 0 Å². The molecule has 0 saturated heterocycles. The molecular weight excluding hydrogens is 214 g/mol. The zero-order valence-electron chi connectivity index (χ0n) is 12.9. The van der Waals surface area contributed by atoms with Crippen LogP contribution in [0, 0.1) is 0 Å². The highest BCUT2D eigenvalue weighted by Gasteiger charge is 2.19. The van der Waals surface area contributed by atoms with Crippen molar-refractivity contribution in [2.24, 2.45) is 0 Å². The molecule has 0 bridgehead atoms. The van der Waals surface area contributed by atoms with E-state index in [9.17, 15) is 4.57 Å². The van der Waals surface area contributed by atoms with Crippen LogP contribution in [0.3, 0.4) is 0 Å². The molecule has 1 N–H and O–H groups in total. The Bertz CT molecular complexity index is 346. The topological polar surface area (TPSA) is 55.8 Å². The van der Waals surface area contributed by atoms with Gasteiger partial charge in [0.1, 0.15) is 0 Å². The molecule has 0 amide bonds. The Hall–Kier alpha value is 0.690. The fourth-order valence-electron chi connectivity index (χ4n) is 0.168. The van der Waals surface area contributed by atoms with Gasteiger partial charge in [-0.3, -0.25) is 9.05 Å².